The van der Waals surface area contributed by atoms with E-state index < -0.39 is 79.2 Å². The van der Waals surface area contributed by atoms with Gasteiger partial charge < -0.3 is 44.9 Å². The van der Waals surface area contributed by atoms with E-state index >= 15 is 0 Å². The van der Waals surface area contributed by atoms with Crippen LogP contribution in [0.4, 0.5) is 5.82 Å². The zero-order chi connectivity index (χ0) is 102. The fourth-order valence-corrected chi connectivity index (χ4v) is 19.5. The van der Waals surface area contributed by atoms with Gasteiger partial charge in [-0.3, -0.25) is 106 Å². The van der Waals surface area contributed by atoms with Crippen molar-refractivity contribution in [2.24, 2.45) is 0 Å². The van der Waals surface area contributed by atoms with Crippen LogP contribution in [0.3, 0.4) is 0 Å². The Hall–Kier alpha value is -16.2. The van der Waals surface area contributed by atoms with Crippen LogP contribution in [-0.4, -0.2) is 265 Å². The van der Waals surface area contributed by atoms with E-state index in [1.807, 2.05) is 36.6 Å². The summed E-state index contributed by atoms with van der Waals surface area (Å²) < 4.78 is 29.7. The summed E-state index contributed by atoms with van der Waals surface area (Å²) in [4.78, 5) is 236. The largest absolute Gasteiger partial charge is 0.384 e. The lowest BCUT2D eigenvalue weighted by atomic mass is 10.0. The normalized spacial score (nSPS) is 15.5. The molecule has 4 saturated heterocycles. The first-order valence-corrected chi connectivity index (χ1v) is 49.2. The van der Waals surface area contributed by atoms with Crippen LogP contribution in [0.2, 0.25) is 0 Å². The number of carbonyl (C=O) groups is 5. The number of ketones is 1. The van der Waals surface area contributed by atoms with Gasteiger partial charge in [-0.05, 0) is 183 Å². The maximum Gasteiger partial charge on any atom is 0.329 e. The van der Waals surface area contributed by atoms with Gasteiger partial charge in [-0.15, -0.1) is 16.7 Å². The topological polar surface area (TPSA) is 592 Å². The number of Topliss-reactive ketones (excluding diaryl/α,β-unsaturated/α-hetero) is 1. The first kappa shape index (κ1) is 99.3. The number of hydrogen-bond donors (Lipinski definition) is 8. The summed E-state index contributed by atoms with van der Waals surface area (Å²) in [5, 5.41) is 40.3. The molecule has 4 atom stereocenters. The van der Waals surface area contributed by atoms with Crippen LogP contribution in [0.25, 0.3) is 138 Å². The molecule has 44 nitrogen and oxygen atoms in total. The van der Waals surface area contributed by atoms with Gasteiger partial charge in [-0.1, -0.05) is 12.6 Å². The molecular weight excluding hydrogens is 1900 g/mol. The minimum atomic E-state index is -3.46. The number of aromatic amines is 4. The van der Waals surface area contributed by atoms with Crippen molar-refractivity contribution in [2.45, 2.75) is 151 Å². The van der Waals surface area contributed by atoms with Crippen LogP contribution in [0.5, 0.6) is 0 Å². The number of aliphatic hydroxyl groups is 4. The zero-order valence-electron chi connectivity index (χ0n) is 78.6. The van der Waals surface area contributed by atoms with Crippen LogP contribution in [0.15, 0.2) is 195 Å². The van der Waals surface area contributed by atoms with Gasteiger partial charge >= 0.3 is 22.8 Å². The number of piperidine rings is 4. The number of pyridine rings is 12. The molecule has 4 amide bonds. The Bertz CT molecular complexity index is 8510. The summed E-state index contributed by atoms with van der Waals surface area (Å²) in [5.74, 6) is -1.10. The molecule has 0 aromatic carbocycles. The SMILES string of the molecule is CC(=O)Cc1ccc(-c2ccc3ncc4c(=O)[nH]c(=O)n(C5CCN(C(=O)[C@H](C)O)CC5)c4c3n2)cn1.CSc1ccc(-c2ccc3ncc4c(=O)[nH]c(=O)n(C5CCN(C(=O)[C@H](C)O)CC5)c4c3n2)cn1.C[C@H](O)C(=O)N1CCC(n2c(=O)[nH]c(=O)c3cnc4ccc(-c5ccc(S(C)(=O)=O)nc5)nc4c32)CC1.[C-]#[N+]c1ccc(-c2ccc3ncc4c(=O)[nH]c(=O)n(C5CCN(C(=O)[C@H](C)O)CC5)c4c3n2)cn1. The second-order valence-corrected chi connectivity index (χ2v) is 38.3. The molecule has 4 fully saturated rings. The lowest BCUT2D eigenvalue weighted by Crippen LogP contribution is -2.45. The number of likely N-dealkylation sites (tertiary alicyclic amines) is 4. The molecular formula is C98H95N25O19S2. The molecule has 4 aliphatic heterocycles. The molecule has 20 heterocycles. The highest BCUT2D eigenvalue weighted by molar-refractivity contribution is 7.98. The van der Waals surface area contributed by atoms with Crippen LogP contribution in [0, 0.1) is 6.57 Å². The summed E-state index contributed by atoms with van der Waals surface area (Å²) >= 11 is 1.55. The molecule has 738 valence electrons. The van der Waals surface area contributed by atoms with Gasteiger partial charge in [0.1, 0.15) is 58.5 Å². The first-order chi connectivity index (χ1) is 69.0. The molecule has 46 heteroatoms. The summed E-state index contributed by atoms with van der Waals surface area (Å²) in [7, 11) is -3.46. The molecule has 8 N–H and O–H groups in total. The van der Waals surface area contributed by atoms with E-state index in [0.717, 1.165) is 22.4 Å². The number of carbonyl (C=O) groups excluding carboxylic acids is 5. The summed E-state index contributed by atoms with van der Waals surface area (Å²) in [6, 6.07) is 26.8. The molecule has 0 spiro atoms. The van der Waals surface area contributed by atoms with Crippen molar-refractivity contribution in [3.05, 3.63) is 247 Å². The van der Waals surface area contributed by atoms with E-state index in [0.29, 0.717) is 210 Å². The van der Waals surface area contributed by atoms with Crippen molar-refractivity contribution >= 4 is 145 Å². The number of fused-ring (bicyclic) bond motifs is 12. The number of thioether (sulfide) groups is 1. The molecule has 0 aliphatic carbocycles. The number of aliphatic hydroxyl groups excluding tert-OH is 4. The molecule has 0 radical (unpaired) electrons. The Morgan fingerprint density at radius 3 is 0.889 bits per heavy atom. The quantitative estimate of drug-likeness (QED) is 0.0323. The van der Waals surface area contributed by atoms with E-state index in [4.69, 9.17) is 26.5 Å². The third kappa shape index (κ3) is 20.4. The number of sulfone groups is 1. The molecule has 4 aliphatic rings. The first-order valence-electron chi connectivity index (χ1n) is 46.1. The van der Waals surface area contributed by atoms with E-state index in [1.54, 1.807) is 124 Å². The van der Waals surface area contributed by atoms with Crippen molar-refractivity contribution in [1.29, 1.82) is 0 Å². The highest BCUT2D eigenvalue weighted by Gasteiger charge is 2.35. The van der Waals surface area contributed by atoms with E-state index in [-0.39, 0.29) is 92.4 Å². The summed E-state index contributed by atoms with van der Waals surface area (Å²) in [5.41, 5.74) is 6.52. The number of nitrogens with zero attached hydrogens (tertiary/aromatic N) is 21. The van der Waals surface area contributed by atoms with Gasteiger partial charge in [-0.25, -0.2) is 57.5 Å². The zero-order valence-corrected chi connectivity index (χ0v) is 80.2. The molecule has 16 aromatic rings. The van der Waals surface area contributed by atoms with Crippen LogP contribution in [0.1, 0.15) is 116 Å². The molecule has 0 saturated carbocycles. The lowest BCUT2D eigenvalue weighted by Gasteiger charge is -2.34. The average molecular weight is 1990 g/mol. The number of rotatable bonds is 16. The standard InChI is InChI=1S/C26H26N6O5.C24H21N7O4.C24H24N6O6S.C24H24N6O4S/c1-14(33)11-17-4-3-16(12-27-17)20-5-6-21-22(29-20)23-19(13-28-21)24(35)30-26(37)32(23)18-7-9-31(10-8-18)25(36)15(2)34;1-13(32)23(34)30-9-7-15(8-10-30)31-21-16(22(33)29-24(31)35)12-26-18-5-4-17(28-20(18)21)14-3-6-19(25-2)27-11-14;1-13(31)23(33)29-9-7-15(8-10-29)30-21-16(22(32)28-24(30)34)12-25-18-5-4-17(27-20(18)21)14-3-6-19(26-11-14)37(2,35)36;1-13(31)23(33)29-9-7-15(8-10-29)30-21-16(22(32)28-24(30)34)12-25-18-5-4-17(27-20(18)21)14-3-6-19(35-2)26-11-14/h3-6,12-13,15,18,34H,7-11H2,1-2H3,(H,30,35,37);3-6,11-13,15,32H,7-10H2,1H3,(H,29,33,35);3-6,11-13,15,31H,7-10H2,1-2H3,(H,28,32,34);3-6,11-13,15,31H,7-10H2,1-2H3,(H,28,32,34)/t15-;3*13-/m0000/s1. The fraction of sp³-hybridized carbons (Fsp3) is 0.327. The minimum Gasteiger partial charge on any atom is -0.384 e. The number of amides is 4. The van der Waals surface area contributed by atoms with Gasteiger partial charge in [0.25, 0.3) is 51.7 Å². The minimum absolute atomic E-state index is 0.0193. The van der Waals surface area contributed by atoms with Crippen LogP contribution in [-0.2, 0) is 40.2 Å². The highest BCUT2D eigenvalue weighted by Crippen LogP contribution is 2.37. The Labute approximate surface area is 818 Å². The second kappa shape index (κ2) is 41.5. The van der Waals surface area contributed by atoms with Crippen molar-refractivity contribution in [3.8, 4) is 45.0 Å². The summed E-state index contributed by atoms with van der Waals surface area (Å²) in [6.07, 6.45) is 14.8. The van der Waals surface area contributed by atoms with E-state index in [9.17, 15) is 91.2 Å². The van der Waals surface area contributed by atoms with Gasteiger partial charge in [-0.2, -0.15) is 0 Å². The van der Waals surface area contributed by atoms with E-state index in [2.05, 4.69) is 64.7 Å². The highest BCUT2D eigenvalue weighted by atomic mass is 32.2. The van der Waals surface area contributed by atoms with Crippen molar-refractivity contribution in [1.82, 2.24) is 118 Å². The Morgan fingerprint density at radius 1 is 0.382 bits per heavy atom. The lowest BCUT2D eigenvalue weighted by molar-refractivity contribution is -0.141. The monoisotopic (exact) mass is 1990 g/mol. The van der Waals surface area contributed by atoms with Crippen molar-refractivity contribution in [3.63, 3.8) is 0 Å². The fourth-order valence-electron chi connectivity index (χ4n) is 18.6. The maximum absolute atomic E-state index is 13.1. The van der Waals surface area contributed by atoms with Crippen LogP contribution >= 0.6 is 11.8 Å². The van der Waals surface area contributed by atoms with Gasteiger partial charge in [0, 0.05) is 161 Å². The third-order valence-corrected chi connectivity index (χ3v) is 27.5. The second-order valence-electron chi connectivity index (χ2n) is 35.5. The van der Waals surface area contributed by atoms with Gasteiger partial charge in [0.15, 0.2) is 14.9 Å². The van der Waals surface area contributed by atoms with Gasteiger partial charge in [0.2, 0.25) is 0 Å². The maximum atomic E-state index is 13.1. The predicted molar refractivity (Wildman–Crippen MR) is 532 cm³/mol. The number of aromatic nitrogens is 20. The van der Waals surface area contributed by atoms with Crippen molar-refractivity contribution < 1.29 is 52.8 Å². The third-order valence-electron chi connectivity index (χ3n) is 25.8. The Morgan fingerprint density at radius 2 is 0.660 bits per heavy atom. The molecule has 16 aromatic heterocycles. The number of hydrogen-bond acceptors (Lipinski definition) is 32. The summed E-state index contributed by atoms with van der Waals surface area (Å²) in [6.45, 7) is 17.3. The van der Waals surface area contributed by atoms with Crippen molar-refractivity contribution in [2.75, 3.05) is 64.9 Å². The Balaban J connectivity index is 0.000000132. The number of nitrogens with one attached hydrogen (secondary N) is 4. The molecule has 0 bridgehead atoms. The van der Waals surface area contributed by atoms with Gasteiger partial charge in [0.05, 0.1) is 93.5 Å². The number of H-pyrrole nitrogens is 4. The molecule has 144 heavy (non-hydrogen) atoms. The average Bonchev–Trinajstić information content (AvgIpc) is 0.752. The van der Waals surface area contributed by atoms with Crippen LogP contribution < -0.4 is 45.0 Å². The van der Waals surface area contributed by atoms with E-state index in [1.165, 1.54) is 76.2 Å². The Kier molecular flexibility index (Phi) is 28.6. The smallest absolute Gasteiger partial charge is 0.329 e. The predicted octanol–water partition coefficient (Wildman–Crippen LogP) is 5.76. The molecule has 20 rings (SSSR count). The molecule has 0 unspecified atom stereocenters.